The zero-order valence-corrected chi connectivity index (χ0v) is 12.1. The van der Waals surface area contributed by atoms with Crippen LogP contribution in [0.4, 0.5) is 4.39 Å². The van der Waals surface area contributed by atoms with Gasteiger partial charge in [-0.3, -0.25) is 0 Å². The van der Waals surface area contributed by atoms with Gasteiger partial charge in [0.1, 0.15) is 19.0 Å². The van der Waals surface area contributed by atoms with Crippen molar-refractivity contribution in [1.29, 1.82) is 0 Å². The van der Waals surface area contributed by atoms with E-state index in [2.05, 4.69) is 15.9 Å². The Bertz CT molecular complexity index is 558. The first-order chi connectivity index (χ1) is 9.15. The van der Waals surface area contributed by atoms with Crippen LogP contribution in [0.25, 0.3) is 0 Å². The number of ether oxygens (including phenoxy) is 2. The van der Waals surface area contributed by atoms with Crippen LogP contribution < -0.4 is 9.47 Å². The molecule has 0 spiro atoms. The van der Waals surface area contributed by atoms with E-state index in [0.29, 0.717) is 13.2 Å². The van der Waals surface area contributed by atoms with Gasteiger partial charge in [-0.1, -0.05) is 28.1 Å². The predicted molar refractivity (Wildman–Crippen MR) is 76.3 cm³/mol. The first kappa shape index (κ1) is 13.9. The van der Waals surface area contributed by atoms with Gasteiger partial charge >= 0.3 is 0 Å². The van der Waals surface area contributed by atoms with Gasteiger partial charge in [0.25, 0.3) is 0 Å². The first-order valence-corrected chi connectivity index (χ1v) is 6.72. The lowest BCUT2D eigenvalue weighted by molar-refractivity contribution is 0.211. The molecule has 0 bridgehead atoms. The zero-order valence-electron chi connectivity index (χ0n) is 10.5. The smallest absolute Gasteiger partial charge is 0.165 e. The summed E-state index contributed by atoms with van der Waals surface area (Å²) < 4.78 is 25.2. The van der Waals surface area contributed by atoms with Gasteiger partial charge in [0.15, 0.2) is 11.6 Å². The fourth-order valence-electron chi connectivity index (χ4n) is 1.59. The predicted octanol–water partition coefficient (Wildman–Crippen LogP) is 4.35. The summed E-state index contributed by atoms with van der Waals surface area (Å²) in [5.74, 6) is 0.661. The summed E-state index contributed by atoms with van der Waals surface area (Å²) in [7, 11) is 0. The average Bonchev–Trinajstić information content (AvgIpc) is 2.39. The summed E-state index contributed by atoms with van der Waals surface area (Å²) in [6.07, 6.45) is 0. The normalized spacial score (nSPS) is 10.3. The Morgan fingerprint density at radius 1 is 1.05 bits per heavy atom. The highest BCUT2D eigenvalue weighted by molar-refractivity contribution is 9.10. The maximum absolute atomic E-state index is 13.4. The van der Waals surface area contributed by atoms with Crippen LogP contribution >= 0.6 is 15.9 Å². The van der Waals surface area contributed by atoms with E-state index in [9.17, 15) is 4.39 Å². The second-order valence-electron chi connectivity index (χ2n) is 4.09. The number of hydrogen-bond donors (Lipinski definition) is 0. The van der Waals surface area contributed by atoms with Crippen molar-refractivity contribution in [3.8, 4) is 11.5 Å². The Hall–Kier alpha value is -1.55. The minimum absolute atomic E-state index is 0.262. The fourth-order valence-corrected chi connectivity index (χ4v) is 1.97. The van der Waals surface area contributed by atoms with Crippen LogP contribution in [0, 0.1) is 12.7 Å². The molecular formula is C15H14BrFO2. The lowest BCUT2D eigenvalue weighted by Gasteiger charge is -2.09. The summed E-state index contributed by atoms with van der Waals surface area (Å²) in [4.78, 5) is 0. The molecular weight excluding hydrogens is 311 g/mol. The summed E-state index contributed by atoms with van der Waals surface area (Å²) in [6, 6.07) is 12.3. The molecule has 0 saturated carbocycles. The van der Waals surface area contributed by atoms with Gasteiger partial charge in [0.2, 0.25) is 0 Å². The van der Waals surface area contributed by atoms with E-state index < -0.39 is 0 Å². The molecule has 0 N–H and O–H groups in total. The van der Waals surface area contributed by atoms with Crippen LogP contribution in [-0.4, -0.2) is 13.2 Å². The summed E-state index contributed by atoms with van der Waals surface area (Å²) in [5.41, 5.74) is 0.962. The molecule has 100 valence electrons. The fraction of sp³-hybridized carbons (Fsp3) is 0.200. The molecule has 0 saturated heterocycles. The minimum atomic E-state index is -0.354. The molecule has 0 aliphatic rings. The van der Waals surface area contributed by atoms with Crippen LogP contribution in [0.2, 0.25) is 0 Å². The van der Waals surface area contributed by atoms with Crippen molar-refractivity contribution in [2.24, 2.45) is 0 Å². The average molecular weight is 325 g/mol. The van der Waals surface area contributed by atoms with Crippen molar-refractivity contribution in [2.75, 3.05) is 13.2 Å². The largest absolute Gasteiger partial charge is 0.490 e. The number of rotatable bonds is 5. The molecule has 0 heterocycles. The maximum Gasteiger partial charge on any atom is 0.165 e. The quantitative estimate of drug-likeness (QED) is 0.761. The van der Waals surface area contributed by atoms with E-state index >= 15 is 0 Å². The summed E-state index contributed by atoms with van der Waals surface area (Å²) in [5, 5.41) is 0. The van der Waals surface area contributed by atoms with Crippen molar-refractivity contribution >= 4 is 15.9 Å². The van der Waals surface area contributed by atoms with Crippen LogP contribution in [0.1, 0.15) is 5.56 Å². The van der Waals surface area contributed by atoms with Crippen LogP contribution in [0.3, 0.4) is 0 Å². The van der Waals surface area contributed by atoms with Crippen LogP contribution in [0.15, 0.2) is 46.9 Å². The third-order valence-electron chi connectivity index (χ3n) is 2.49. The molecule has 2 rings (SSSR count). The number of benzene rings is 2. The highest BCUT2D eigenvalue weighted by Crippen LogP contribution is 2.19. The van der Waals surface area contributed by atoms with E-state index in [4.69, 9.17) is 9.47 Å². The Morgan fingerprint density at radius 3 is 2.63 bits per heavy atom. The van der Waals surface area contributed by atoms with E-state index in [1.165, 1.54) is 6.07 Å². The first-order valence-electron chi connectivity index (χ1n) is 5.92. The molecule has 0 unspecified atom stereocenters. The molecule has 0 radical (unpaired) electrons. The minimum Gasteiger partial charge on any atom is -0.490 e. The van der Waals surface area contributed by atoms with Crippen molar-refractivity contribution in [3.05, 3.63) is 58.3 Å². The van der Waals surface area contributed by atoms with Gasteiger partial charge < -0.3 is 9.47 Å². The standard InChI is InChI=1S/C15H14BrFO2/c1-11-5-6-14(17)15(9-11)19-8-7-18-13-4-2-3-12(16)10-13/h2-6,9-10H,7-8H2,1H3. The Kier molecular flexibility index (Phi) is 4.80. The molecule has 0 aliphatic heterocycles. The van der Waals surface area contributed by atoms with E-state index in [-0.39, 0.29) is 11.6 Å². The van der Waals surface area contributed by atoms with E-state index in [0.717, 1.165) is 15.8 Å². The van der Waals surface area contributed by atoms with Crippen molar-refractivity contribution in [1.82, 2.24) is 0 Å². The monoisotopic (exact) mass is 324 g/mol. The lowest BCUT2D eigenvalue weighted by Crippen LogP contribution is -2.09. The Morgan fingerprint density at radius 2 is 1.84 bits per heavy atom. The summed E-state index contributed by atoms with van der Waals surface area (Å²) >= 11 is 3.36. The highest BCUT2D eigenvalue weighted by atomic mass is 79.9. The van der Waals surface area contributed by atoms with Gasteiger partial charge in [0, 0.05) is 4.47 Å². The van der Waals surface area contributed by atoms with Gasteiger partial charge in [-0.05, 0) is 42.8 Å². The SMILES string of the molecule is Cc1ccc(F)c(OCCOc2cccc(Br)c2)c1. The molecule has 2 aromatic carbocycles. The molecule has 0 aromatic heterocycles. The van der Waals surface area contributed by atoms with Gasteiger partial charge in [-0.2, -0.15) is 0 Å². The molecule has 19 heavy (non-hydrogen) atoms. The molecule has 2 nitrogen and oxygen atoms in total. The van der Waals surface area contributed by atoms with Crippen molar-refractivity contribution in [3.63, 3.8) is 0 Å². The lowest BCUT2D eigenvalue weighted by atomic mass is 10.2. The van der Waals surface area contributed by atoms with E-state index in [1.54, 1.807) is 12.1 Å². The van der Waals surface area contributed by atoms with Crippen molar-refractivity contribution < 1.29 is 13.9 Å². The molecule has 4 heteroatoms. The molecule has 2 aromatic rings. The number of halogens is 2. The molecule has 0 amide bonds. The number of aryl methyl sites for hydroxylation is 1. The maximum atomic E-state index is 13.4. The topological polar surface area (TPSA) is 18.5 Å². The third kappa shape index (κ3) is 4.24. The summed E-state index contributed by atoms with van der Waals surface area (Å²) in [6.45, 7) is 2.56. The van der Waals surface area contributed by atoms with E-state index in [1.807, 2.05) is 31.2 Å². The van der Waals surface area contributed by atoms with Gasteiger partial charge in [-0.25, -0.2) is 4.39 Å². The molecule has 0 atom stereocenters. The molecule has 0 fully saturated rings. The van der Waals surface area contributed by atoms with Crippen LogP contribution in [-0.2, 0) is 0 Å². The Balaban J connectivity index is 1.82. The van der Waals surface area contributed by atoms with Crippen molar-refractivity contribution in [2.45, 2.75) is 6.92 Å². The third-order valence-corrected chi connectivity index (χ3v) is 2.99. The second-order valence-corrected chi connectivity index (χ2v) is 5.00. The zero-order chi connectivity index (χ0) is 13.7. The van der Waals surface area contributed by atoms with Gasteiger partial charge in [-0.15, -0.1) is 0 Å². The Labute approximate surface area is 120 Å². The second kappa shape index (κ2) is 6.57. The highest BCUT2D eigenvalue weighted by Gasteiger charge is 2.03. The van der Waals surface area contributed by atoms with Gasteiger partial charge in [0.05, 0.1) is 0 Å². The molecule has 0 aliphatic carbocycles. The number of hydrogen-bond acceptors (Lipinski definition) is 2. The van der Waals surface area contributed by atoms with Crippen LogP contribution in [0.5, 0.6) is 11.5 Å².